The molecule has 0 bridgehead atoms. The van der Waals surface area contributed by atoms with Gasteiger partial charge in [0, 0.05) is 6.20 Å². The molecule has 0 aliphatic heterocycles. The Balaban J connectivity index is 2.89. The van der Waals surface area contributed by atoms with Gasteiger partial charge in [-0.2, -0.15) is 4.98 Å². The van der Waals surface area contributed by atoms with Crippen molar-refractivity contribution < 1.29 is 0 Å². The monoisotopic (exact) mass is 157 g/mol. The number of quaternary nitrogens is 1. The van der Waals surface area contributed by atoms with Gasteiger partial charge in [0.2, 0.25) is 0 Å². The van der Waals surface area contributed by atoms with Crippen molar-refractivity contribution in [1.29, 1.82) is 0 Å². The van der Waals surface area contributed by atoms with E-state index < -0.39 is 4.81 Å². The van der Waals surface area contributed by atoms with E-state index in [-0.39, 0.29) is 0 Å². The molecule has 0 spiro atoms. The molecule has 0 unspecified atom stereocenters. The van der Waals surface area contributed by atoms with Crippen molar-refractivity contribution in [3.63, 3.8) is 0 Å². The van der Waals surface area contributed by atoms with E-state index in [1.165, 1.54) is 0 Å². The quantitative estimate of drug-likeness (QED) is 0.248. The van der Waals surface area contributed by atoms with Gasteiger partial charge in [-0.1, -0.05) is 6.92 Å². The van der Waals surface area contributed by atoms with E-state index in [2.05, 4.69) is 9.97 Å². The topological polar surface area (TPSA) is 107 Å². The average molecular weight is 157 g/mol. The number of hydrogen-bond acceptors (Lipinski definition) is 4. The molecular weight excluding hydrogens is 144 g/mol. The van der Waals surface area contributed by atoms with Crippen molar-refractivity contribution in [1.82, 2.24) is 14.8 Å². The lowest BCUT2D eigenvalue weighted by atomic mass is 10.4. The first kappa shape index (κ1) is 8.15. The number of nitrogens with zero attached hydrogens (tertiary/aromatic N) is 2. The Kier molecular flexibility index (Phi) is 1.92. The molecule has 0 fully saturated rings. The van der Waals surface area contributed by atoms with Gasteiger partial charge in [-0.3, -0.25) is 4.98 Å². The summed E-state index contributed by atoms with van der Waals surface area (Å²) in [5, 5.41) is 0. The minimum atomic E-state index is -0.750. The summed E-state index contributed by atoms with van der Waals surface area (Å²) in [5.41, 5.74) is 0.892. The smallest absolute Gasteiger partial charge is 0.294 e. The Labute approximate surface area is 64.5 Å². The summed E-state index contributed by atoms with van der Waals surface area (Å²) in [4.78, 5) is 6.07. The number of hydrogen-bond donors (Lipinski definition) is 4. The molecular formula is C5H13N6+. The van der Waals surface area contributed by atoms with Crippen LogP contribution in [0.5, 0.6) is 0 Å². The molecule has 6 nitrogen and oxygen atoms in total. The van der Waals surface area contributed by atoms with Crippen LogP contribution in [-0.2, 0) is 6.42 Å². The number of aromatic nitrogens is 2. The van der Waals surface area contributed by atoms with Crippen LogP contribution in [0.3, 0.4) is 0 Å². The SMILES string of the molecule is CCc1c[nH]c([N+](N)(N)N)n1. The van der Waals surface area contributed by atoms with E-state index >= 15 is 0 Å². The lowest BCUT2D eigenvalue weighted by Gasteiger charge is -2.13. The van der Waals surface area contributed by atoms with E-state index in [4.69, 9.17) is 17.5 Å². The van der Waals surface area contributed by atoms with Crippen LogP contribution in [0, 0.1) is 0 Å². The minimum absolute atomic E-state index is 0.349. The fourth-order valence-corrected chi connectivity index (χ4v) is 0.728. The van der Waals surface area contributed by atoms with Crippen molar-refractivity contribution in [2.75, 3.05) is 0 Å². The van der Waals surface area contributed by atoms with Gasteiger partial charge in [0.15, 0.2) is 0 Å². The zero-order valence-electron chi connectivity index (χ0n) is 6.41. The second-order valence-corrected chi connectivity index (χ2v) is 2.40. The van der Waals surface area contributed by atoms with E-state index in [9.17, 15) is 0 Å². The summed E-state index contributed by atoms with van der Waals surface area (Å²) in [6.45, 7) is 1.98. The first-order valence-electron chi connectivity index (χ1n) is 3.33. The summed E-state index contributed by atoms with van der Waals surface area (Å²) in [6, 6.07) is 0. The predicted octanol–water partition coefficient (Wildman–Crippen LogP) is -1.10. The molecule has 0 saturated heterocycles. The molecule has 1 aromatic heterocycles. The van der Waals surface area contributed by atoms with Crippen LogP contribution < -0.4 is 22.3 Å². The van der Waals surface area contributed by atoms with Gasteiger partial charge in [0.05, 0.1) is 5.69 Å². The first-order valence-corrected chi connectivity index (χ1v) is 3.33. The van der Waals surface area contributed by atoms with Crippen molar-refractivity contribution in [3.05, 3.63) is 11.9 Å². The van der Waals surface area contributed by atoms with E-state index in [1.807, 2.05) is 6.92 Å². The summed E-state index contributed by atoms with van der Waals surface area (Å²) in [5.74, 6) is 16.3. The van der Waals surface area contributed by atoms with Gasteiger partial charge >= 0.3 is 5.95 Å². The van der Waals surface area contributed by atoms with E-state index in [0.717, 1.165) is 12.1 Å². The van der Waals surface area contributed by atoms with Gasteiger partial charge in [-0.25, -0.2) is 0 Å². The predicted molar refractivity (Wildman–Crippen MR) is 42.3 cm³/mol. The number of nitrogens with one attached hydrogen (secondary N) is 1. The molecule has 6 heteroatoms. The highest BCUT2D eigenvalue weighted by Gasteiger charge is 2.20. The van der Waals surface area contributed by atoms with Gasteiger partial charge < -0.3 is 0 Å². The molecule has 11 heavy (non-hydrogen) atoms. The van der Waals surface area contributed by atoms with E-state index in [1.54, 1.807) is 6.20 Å². The highest BCUT2D eigenvalue weighted by Crippen LogP contribution is 2.05. The number of nitrogens with two attached hydrogens (primary N) is 3. The maximum absolute atomic E-state index is 5.32. The minimum Gasteiger partial charge on any atom is -0.294 e. The standard InChI is InChI=1S/C5H13N6/c1-2-4-3-9-5(10-4)11(6,7)8/h3H,2,6-8H2,1H3,(H,9,10)/q+1. The molecule has 1 heterocycles. The molecule has 0 saturated carbocycles. The number of H-pyrrole nitrogens is 1. The number of rotatable bonds is 2. The molecule has 0 aliphatic carbocycles. The summed E-state index contributed by atoms with van der Waals surface area (Å²) >= 11 is 0. The molecule has 1 aromatic rings. The van der Waals surface area contributed by atoms with Crippen LogP contribution in [0.2, 0.25) is 0 Å². The van der Waals surface area contributed by atoms with Crippen LogP contribution in [0.4, 0.5) is 5.95 Å². The van der Waals surface area contributed by atoms with Crippen LogP contribution in [0.1, 0.15) is 12.6 Å². The number of aryl methyl sites for hydroxylation is 1. The highest BCUT2D eigenvalue weighted by atomic mass is 15.9. The Hall–Kier alpha value is -0.950. The lowest BCUT2D eigenvalue weighted by Crippen LogP contribution is -2.68. The second kappa shape index (κ2) is 2.59. The summed E-state index contributed by atoms with van der Waals surface area (Å²) in [6.07, 6.45) is 2.56. The van der Waals surface area contributed by atoms with Crippen molar-refractivity contribution in [2.45, 2.75) is 13.3 Å². The van der Waals surface area contributed by atoms with Gasteiger partial charge in [-0.15, -0.1) is 17.5 Å². The molecule has 7 N–H and O–H groups in total. The fourth-order valence-electron chi connectivity index (χ4n) is 0.728. The highest BCUT2D eigenvalue weighted by molar-refractivity contribution is 5.21. The van der Waals surface area contributed by atoms with Gasteiger partial charge in [-0.05, 0) is 11.2 Å². The zero-order chi connectivity index (χ0) is 8.48. The molecule has 0 atom stereocenters. The fraction of sp³-hybridized carbons (Fsp3) is 0.400. The first-order chi connectivity index (χ1) is 5.04. The van der Waals surface area contributed by atoms with E-state index in [0.29, 0.717) is 5.95 Å². The van der Waals surface area contributed by atoms with Crippen molar-refractivity contribution in [2.24, 2.45) is 17.5 Å². The summed E-state index contributed by atoms with van der Waals surface area (Å²) in [7, 11) is 0. The molecule has 0 aliphatic rings. The maximum Gasteiger partial charge on any atom is 0.366 e. The third-order valence-corrected chi connectivity index (χ3v) is 1.35. The molecule has 0 aromatic carbocycles. The lowest BCUT2D eigenvalue weighted by molar-refractivity contribution is 0.286. The van der Waals surface area contributed by atoms with Gasteiger partial charge in [0.25, 0.3) is 0 Å². The molecule has 0 amide bonds. The Morgan fingerprint density at radius 3 is 2.45 bits per heavy atom. The summed E-state index contributed by atoms with van der Waals surface area (Å²) < 4.78 is 0. The average Bonchev–Trinajstić information content (AvgIpc) is 2.32. The van der Waals surface area contributed by atoms with Crippen molar-refractivity contribution in [3.8, 4) is 0 Å². The zero-order valence-corrected chi connectivity index (χ0v) is 6.41. The van der Waals surface area contributed by atoms with Crippen LogP contribution >= 0.6 is 0 Å². The maximum atomic E-state index is 5.32. The van der Waals surface area contributed by atoms with Crippen LogP contribution in [-0.4, -0.2) is 9.97 Å². The second-order valence-electron chi connectivity index (χ2n) is 2.40. The third kappa shape index (κ3) is 1.75. The van der Waals surface area contributed by atoms with Gasteiger partial charge in [0.1, 0.15) is 0 Å². The Morgan fingerprint density at radius 1 is 1.55 bits per heavy atom. The third-order valence-electron chi connectivity index (χ3n) is 1.35. The van der Waals surface area contributed by atoms with Crippen LogP contribution in [0.15, 0.2) is 6.20 Å². The Bertz CT molecular complexity index is 233. The van der Waals surface area contributed by atoms with Crippen molar-refractivity contribution >= 4 is 5.95 Å². The molecule has 0 radical (unpaired) electrons. The molecule has 62 valence electrons. The molecule has 1 rings (SSSR count). The normalized spacial score (nSPS) is 12.0. The van der Waals surface area contributed by atoms with Crippen LogP contribution in [0.25, 0.3) is 0 Å². The Morgan fingerprint density at radius 2 is 2.18 bits per heavy atom. The largest absolute Gasteiger partial charge is 0.366 e. The number of imidazole rings is 1. The number of aromatic amines is 1.